The standard InChI is InChI=1S/C7H9BOS/c1-4-5(9)2-3-6(10)7(4)8/h2-3,9-10H,8H2,1H3. The van der Waals surface area contributed by atoms with Gasteiger partial charge in [0.05, 0.1) is 0 Å². The fourth-order valence-corrected chi connectivity index (χ4v) is 1.03. The third-order valence-electron chi connectivity index (χ3n) is 1.73. The van der Waals surface area contributed by atoms with E-state index in [-0.39, 0.29) is 0 Å². The lowest BCUT2D eigenvalue weighted by molar-refractivity contribution is 0.471. The van der Waals surface area contributed by atoms with Crippen LogP contribution in [0.15, 0.2) is 17.0 Å². The number of phenols is 1. The van der Waals surface area contributed by atoms with E-state index >= 15 is 0 Å². The van der Waals surface area contributed by atoms with Crippen molar-refractivity contribution < 1.29 is 5.11 Å². The van der Waals surface area contributed by atoms with E-state index in [1.165, 1.54) is 0 Å². The van der Waals surface area contributed by atoms with Crippen LogP contribution in [0.4, 0.5) is 0 Å². The van der Waals surface area contributed by atoms with Gasteiger partial charge in [-0.3, -0.25) is 0 Å². The lowest BCUT2D eigenvalue weighted by Gasteiger charge is -2.04. The van der Waals surface area contributed by atoms with Gasteiger partial charge in [-0.25, -0.2) is 0 Å². The number of hydrogen-bond donors (Lipinski definition) is 2. The molecule has 0 aliphatic carbocycles. The molecule has 3 heteroatoms. The molecule has 0 amide bonds. The summed E-state index contributed by atoms with van der Waals surface area (Å²) >= 11 is 4.20. The second kappa shape index (κ2) is 2.58. The van der Waals surface area contributed by atoms with Crippen LogP contribution in [0.5, 0.6) is 5.75 Å². The van der Waals surface area contributed by atoms with Gasteiger partial charge in [-0.1, -0.05) is 5.46 Å². The molecule has 0 spiro atoms. The first-order valence-corrected chi connectivity index (χ1v) is 3.56. The summed E-state index contributed by atoms with van der Waals surface area (Å²) in [5.74, 6) is 0.343. The molecule has 1 aromatic carbocycles. The third-order valence-corrected chi connectivity index (χ3v) is 2.21. The smallest absolute Gasteiger partial charge is 0.141 e. The van der Waals surface area contributed by atoms with Crippen molar-refractivity contribution in [2.75, 3.05) is 0 Å². The molecule has 1 rings (SSSR count). The lowest BCUT2D eigenvalue weighted by atomic mass is 9.91. The minimum Gasteiger partial charge on any atom is -0.508 e. The maximum Gasteiger partial charge on any atom is 0.141 e. The Kier molecular flexibility index (Phi) is 1.95. The van der Waals surface area contributed by atoms with Gasteiger partial charge in [-0.2, -0.15) is 0 Å². The van der Waals surface area contributed by atoms with Crippen molar-refractivity contribution in [3.63, 3.8) is 0 Å². The molecule has 0 radical (unpaired) electrons. The first kappa shape index (κ1) is 7.54. The number of rotatable bonds is 0. The van der Waals surface area contributed by atoms with E-state index in [1.807, 2.05) is 14.8 Å². The molecule has 0 unspecified atom stereocenters. The molecule has 0 fully saturated rings. The summed E-state index contributed by atoms with van der Waals surface area (Å²) in [5, 5.41) is 9.19. The molecule has 0 aliphatic heterocycles. The molecular weight excluding hydrogens is 143 g/mol. The highest BCUT2D eigenvalue weighted by Gasteiger charge is 2.00. The van der Waals surface area contributed by atoms with Gasteiger partial charge in [-0.15, -0.1) is 12.6 Å². The monoisotopic (exact) mass is 152 g/mol. The molecule has 1 aromatic rings. The normalized spacial score (nSPS) is 9.80. The van der Waals surface area contributed by atoms with Gasteiger partial charge < -0.3 is 5.11 Å². The number of phenolic OH excluding ortho intramolecular Hbond substituents is 1. The SMILES string of the molecule is Bc1c(S)ccc(O)c1C. The minimum absolute atomic E-state index is 0.343. The predicted octanol–water partition coefficient (Wildman–Crippen LogP) is 0.248. The molecule has 0 aromatic heterocycles. The summed E-state index contributed by atoms with van der Waals surface area (Å²) in [4.78, 5) is 0.926. The molecule has 0 aliphatic rings. The Morgan fingerprint density at radius 1 is 1.50 bits per heavy atom. The summed E-state index contributed by atoms with van der Waals surface area (Å²) in [6.07, 6.45) is 0. The highest BCUT2D eigenvalue weighted by molar-refractivity contribution is 7.80. The second-order valence-electron chi connectivity index (χ2n) is 2.35. The van der Waals surface area contributed by atoms with Gasteiger partial charge in [0.25, 0.3) is 0 Å². The van der Waals surface area contributed by atoms with E-state index in [0.717, 1.165) is 15.9 Å². The van der Waals surface area contributed by atoms with E-state index < -0.39 is 0 Å². The van der Waals surface area contributed by atoms with Crippen LogP contribution in [0.25, 0.3) is 0 Å². The fraction of sp³-hybridized carbons (Fsp3) is 0.143. The fourth-order valence-electron chi connectivity index (χ4n) is 0.792. The van der Waals surface area contributed by atoms with Crippen molar-refractivity contribution in [3.05, 3.63) is 17.7 Å². The lowest BCUT2D eigenvalue weighted by Crippen LogP contribution is -2.08. The van der Waals surface area contributed by atoms with E-state index in [9.17, 15) is 5.11 Å². The first-order chi connectivity index (χ1) is 4.63. The molecule has 1 N–H and O–H groups in total. The van der Waals surface area contributed by atoms with Crippen molar-refractivity contribution in [1.29, 1.82) is 0 Å². The molecule has 0 bridgehead atoms. The zero-order chi connectivity index (χ0) is 7.72. The first-order valence-electron chi connectivity index (χ1n) is 3.11. The Hall–Kier alpha value is -0.565. The Morgan fingerprint density at radius 2 is 2.10 bits per heavy atom. The van der Waals surface area contributed by atoms with Crippen LogP contribution in [-0.4, -0.2) is 13.0 Å². The molecule has 52 valence electrons. The van der Waals surface area contributed by atoms with Gasteiger partial charge in [0.1, 0.15) is 13.6 Å². The average molecular weight is 152 g/mol. The average Bonchev–Trinajstić information content (AvgIpc) is 1.93. The van der Waals surface area contributed by atoms with E-state index in [4.69, 9.17) is 0 Å². The summed E-state index contributed by atoms with van der Waals surface area (Å²) in [6.45, 7) is 1.88. The van der Waals surface area contributed by atoms with Crippen molar-refractivity contribution in [2.24, 2.45) is 0 Å². The summed E-state index contributed by atoms with van der Waals surface area (Å²) in [5.41, 5.74) is 1.95. The largest absolute Gasteiger partial charge is 0.508 e. The Balaban J connectivity index is 3.34. The van der Waals surface area contributed by atoms with E-state index in [0.29, 0.717) is 5.75 Å². The summed E-state index contributed by atoms with van der Waals surface area (Å²) < 4.78 is 0. The van der Waals surface area contributed by atoms with E-state index in [1.54, 1.807) is 12.1 Å². The quantitative estimate of drug-likeness (QED) is 0.403. The van der Waals surface area contributed by atoms with Gasteiger partial charge in [-0.05, 0) is 29.5 Å². The molecule has 0 atom stereocenters. The molecule has 0 saturated heterocycles. The van der Waals surface area contributed by atoms with Crippen LogP contribution in [0.2, 0.25) is 0 Å². The maximum atomic E-state index is 9.19. The number of aromatic hydroxyl groups is 1. The summed E-state index contributed by atoms with van der Waals surface area (Å²) in [7, 11) is 1.94. The van der Waals surface area contributed by atoms with Crippen molar-refractivity contribution in [2.45, 2.75) is 11.8 Å². The maximum absolute atomic E-state index is 9.19. The molecule has 0 heterocycles. The van der Waals surface area contributed by atoms with Gasteiger partial charge in [0.2, 0.25) is 0 Å². The molecule has 1 nitrogen and oxygen atoms in total. The Bertz CT molecular complexity index is 233. The van der Waals surface area contributed by atoms with Crippen LogP contribution in [0.1, 0.15) is 5.56 Å². The van der Waals surface area contributed by atoms with Gasteiger partial charge in [0, 0.05) is 0 Å². The second-order valence-corrected chi connectivity index (χ2v) is 2.84. The zero-order valence-electron chi connectivity index (χ0n) is 6.05. The van der Waals surface area contributed by atoms with Crippen LogP contribution in [0.3, 0.4) is 0 Å². The topological polar surface area (TPSA) is 20.2 Å². The molecule has 0 saturated carbocycles. The molecule has 10 heavy (non-hydrogen) atoms. The Morgan fingerprint density at radius 3 is 2.60 bits per heavy atom. The number of benzene rings is 1. The van der Waals surface area contributed by atoms with Crippen LogP contribution >= 0.6 is 12.6 Å². The van der Waals surface area contributed by atoms with Gasteiger partial charge >= 0.3 is 0 Å². The van der Waals surface area contributed by atoms with Crippen molar-refractivity contribution in [3.8, 4) is 5.75 Å². The highest BCUT2D eigenvalue weighted by atomic mass is 32.1. The predicted molar refractivity (Wildman–Crippen MR) is 48.3 cm³/mol. The van der Waals surface area contributed by atoms with Crippen molar-refractivity contribution in [1.82, 2.24) is 0 Å². The Labute approximate surface area is 66.9 Å². The van der Waals surface area contributed by atoms with Crippen LogP contribution < -0.4 is 5.46 Å². The third kappa shape index (κ3) is 1.14. The van der Waals surface area contributed by atoms with Gasteiger partial charge in [0.15, 0.2) is 0 Å². The van der Waals surface area contributed by atoms with Crippen LogP contribution in [0, 0.1) is 6.92 Å². The van der Waals surface area contributed by atoms with Crippen LogP contribution in [-0.2, 0) is 0 Å². The van der Waals surface area contributed by atoms with Crippen molar-refractivity contribution >= 4 is 25.9 Å². The number of hydrogen-bond acceptors (Lipinski definition) is 2. The zero-order valence-corrected chi connectivity index (χ0v) is 6.94. The van der Waals surface area contributed by atoms with E-state index in [2.05, 4.69) is 12.6 Å². The highest BCUT2D eigenvalue weighted by Crippen LogP contribution is 2.15. The minimum atomic E-state index is 0.343. The molecular formula is C7H9BOS. The number of thiol groups is 1. The summed E-state index contributed by atoms with van der Waals surface area (Å²) in [6, 6.07) is 3.45.